The van der Waals surface area contributed by atoms with Crippen molar-refractivity contribution in [3.05, 3.63) is 35.9 Å². The SMILES string of the molecule is C[S+](C)CC(=O)CC[C@H](NC(=O)OCc1ccccc1)C(=O)O. The minimum Gasteiger partial charge on any atom is -0.480 e. The Morgan fingerprint density at radius 2 is 1.87 bits per heavy atom. The number of hydrogen-bond donors (Lipinski definition) is 2. The lowest BCUT2D eigenvalue weighted by Crippen LogP contribution is -2.41. The molecular weight excluding hydrogens is 318 g/mol. The highest BCUT2D eigenvalue weighted by Gasteiger charge is 2.23. The molecule has 1 aromatic rings. The Labute approximate surface area is 138 Å². The summed E-state index contributed by atoms with van der Waals surface area (Å²) in [6.07, 6.45) is 3.28. The highest BCUT2D eigenvalue weighted by atomic mass is 32.2. The number of nitrogens with one attached hydrogen (secondary N) is 1. The third kappa shape index (κ3) is 8.25. The number of benzene rings is 1. The molecule has 23 heavy (non-hydrogen) atoms. The number of carboxylic acid groups (broad SMARTS) is 1. The number of aliphatic carboxylic acids is 1. The van der Waals surface area contributed by atoms with Gasteiger partial charge in [0.05, 0.1) is 12.5 Å². The van der Waals surface area contributed by atoms with E-state index in [0.29, 0.717) is 5.75 Å². The van der Waals surface area contributed by atoms with Crippen LogP contribution in [0.3, 0.4) is 0 Å². The first-order valence-corrected chi connectivity index (χ1v) is 9.35. The van der Waals surface area contributed by atoms with Crippen LogP contribution < -0.4 is 5.32 Å². The average Bonchev–Trinajstić information content (AvgIpc) is 2.49. The van der Waals surface area contributed by atoms with Crippen LogP contribution in [0.2, 0.25) is 0 Å². The predicted molar refractivity (Wildman–Crippen MR) is 89.5 cm³/mol. The minimum atomic E-state index is -1.18. The zero-order chi connectivity index (χ0) is 17.2. The van der Waals surface area contributed by atoms with Crippen molar-refractivity contribution >= 4 is 28.7 Å². The fourth-order valence-electron chi connectivity index (χ4n) is 1.86. The lowest BCUT2D eigenvalue weighted by atomic mass is 10.1. The van der Waals surface area contributed by atoms with Crippen LogP contribution in [0.15, 0.2) is 30.3 Å². The quantitative estimate of drug-likeness (QED) is 0.666. The maximum atomic E-state index is 11.7. The van der Waals surface area contributed by atoms with Gasteiger partial charge in [-0.3, -0.25) is 4.79 Å². The van der Waals surface area contributed by atoms with Crippen molar-refractivity contribution in [2.45, 2.75) is 25.5 Å². The third-order valence-electron chi connectivity index (χ3n) is 2.96. The van der Waals surface area contributed by atoms with Gasteiger partial charge in [0.15, 0.2) is 11.5 Å². The van der Waals surface area contributed by atoms with Gasteiger partial charge in [0.25, 0.3) is 0 Å². The van der Waals surface area contributed by atoms with Crippen molar-refractivity contribution in [3.8, 4) is 0 Å². The molecule has 0 aliphatic carbocycles. The monoisotopic (exact) mass is 340 g/mol. The first kappa shape index (κ1) is 19.0. The summed E-state index contributed by atoms with van der Waals surface area (Å²) in [4.78, 5) is 34.5. The van der Waals surface area contributed by atoms with Crippen LogP contribution >= 0.6 is 0 Å². The molecule has 0 spiro atoms. The Morgan fingerprint density at radius 3 is 2.43 bits per heavy atom. The highest BCUT2D eigenvalue weighted by molar-refractivity contribution is 7.96. The maximum absolute atomic E-state index is 11.7. The van der Waals surface area contributed by atoms with Gasteiger partial charge in [-0.15, -0.1) is 0 Å². The van der Waals surface area contributed by atoms with Crippen LogP contribution in [0.4, 0.5) is 4.79 Å². The van der Waals surface area contributed by atoms with E-state index < -0.39 is 18.1 Å². The summed E-state index contributed by atoms with van der Waals surface area (Å²) < 4.78 is 4.98. The number of amides is 1. The number of rotatable bonds is 9. The van der Waals surface area contributed by atoms with Crippen molar-refractivity contribution in [3.63, 3.8) is 0 Å². The highest BCUT2D eigenvalue weighted by Crippen LogP contribution is 2.04. The van der Waals surface area contributed by atoms with Crippen LogP contribution in [0.25, 0.3) is 0 Å². The maximum Gasteiger partial charge on any atom is 0.408 e. The van der Waals surface area contributed by atoms with Gasteiger partial charge in [-0.2, -0.15) is 0 Å². The van der Waals surface area contributed by atoms with E-state index in [9.17, 15) is 14.4 Å². The normalized spacial score (nSPS) is 11.8. The molecule has 0 saturated heterocycles. The molecule has 7 heteroatoms. The number of ether oxygens (including phenoxy) is 1. The van der Waals surface area contributed by atoms with E-state index in [-0.39, 0.29) is 36.1 Å². The summed E-state index contributed by atoms with van der Waals surface area (Å²) >= 11 is 0. The Balaban J connectivity index is 2.41. The lowest BCUT2D eigenvalue weighted by Gasteiger charge is -2.14. The Kier molecular flexibility index (Phi) is 8.18. The second kappa shape index (κ2) is 9.89. The largest absolute Gasteiger partial charge is 0.480 e. The molecule has 1 atom stereocenters. The molecule has 1 amide bonds. The summed E-state index contributed by atoms with van der Waals surface area (Å²) in [7, 11) is -0.0151. The summed E-state index contributed by atoms with van der Waals surface area (Å²) in [5, 5.41) is 11.4. The number of alkyl carbamates (subject to hydrolysis) is 1. The van der Waals surface area contributed by atoms with Crippen LogP contribution in [0.1, 0.15) is 18.4 Å². The van der Waals surface area contributed by atoms with Crippen molar-refractivity contribution in [1.29, 1.82) is 0 Å². The van der Waals surface area contributed by atoms with Gasteiger partial charge in [-0.25, -0.2) is 9.59 Å². The van der Waals surface area contributed by atoms with E-state index in [4.69, 9.17) is 9.84 Å². The standard InChI is InChI=1S/C16H21NO5S/c1-23(2)11-13(18)8-9-14(15(19)20)17-16(21)22-10-12-6-4-3-5-7-12/h3-7,14H,8-11H2,1-2H3,(H-,17,19,20,21)/p+1/t14-/m0/s1. The van der Waals surface area contributed by atoms with Gasteiger partial charge in [-0.1, -0.05) is 30.3 Å². The first-order chi connectivity index (χ1) is 10.9. The fraction of sp³-hybridized carbons (Fsp3) is 0.438. The van der Waals surface area contributed by atoms with Crippen LogP contribution in [0, 0.1) is 0 Å². The molecule has 0 fully saturated rings. The Hall–Kier alpha value is -2.02. The number of carbonyl (C=O) groups excluding carboxylic acids is 2. The van der Waals surface area contributed by atoms with E-state index >= 15 is 0 Å². The summed E-state index contributed by atoms with van der Waals surface area (Å²) in [5.74, 6) is -0.740. The predicted octanol–water partition coefficient (Wildman–Crippen LogP) is 1.59. The average molecular weight is 340 g/mol. The molecule has 0 unspecified atom stereocenters. The van der Waals surface area contributed by atoms with Crippen molar-refractivity contribution in [2.24, 2.45) is 0 Å². The van der Waals surface area contributed by atoms with Gasteiger partial charge in [0.2, 0.25) is 0 Å². The molecule has 0 aliphatic rings. The third-order valence-corrected chi connectivity index (χ3v) is 3.86. The molecule has 0 aliphatic heterocycles. The molecule has 0 radical (unpaired) electrons. The van der Waals surface area contributed by atoms with Crippen molar-refractivity contribution in [2.75, 3.05) is 18.3 Å². The molecule has 6 nitrogen and oxygen atoms in total. The fourth-order valence-corrected chi connectivity index (χ4v) is 2.65. The van der Waals surface area contributed by atoms with E-state index in [1.54, 1.807) is 12.1 Å². The number of hydrogen-bond acceptors (Lipinski definition) is 4. The van der Waals surface area contributed by atoms with Gasteiger partial charge < -0.3 is 15.2 Å². The smallest absolute Gasteiger partial charge is 0.408 e. The Morgan fingerprint density at radius 1 is 1.22 bits per heavy atom. The second-order valence-corrected chi connectivity index (χ2v) is 7.56. The molecule has 0 aromatic heterocycles. The lowest BCUT2D eigenvalue weighted by molar-refractivity contribution is -0.139. The van der Waals surface area contributed by atoms with Crippen LogP contribution in [-0.2, 0) is 31.8 Å². The van der Waals surface area contributed by atoms with Crippen molar-refractivity contribution in [1.82, 2.24) is 5.32 Å². The van der Waals surface area contributed by atoms with Gasteiger partial charge in [0, 0.05) is 6.42 Å². The van der Waals surface area contributed by atoms with Crippen molar-refractivity contribution < 1.29 is 24.2 Å². The van der Waals surface area contributed by atoms with E-state index in [2.05, 4.69) is 5.32 Å². The topological polar surface area (TPSA) is 92.7 Å². The number of Topliss-reactive ketones (excluding diaryl/α,β-unsaturated/α-hetero) is 1. The zero-order valence-electron chi connectivity index (χ0n) is 13.3. The number of carboxylic acids is 1. The summed E-state index contributed by atoms with van der Waals surface area (Å²) in [6.45, 7) is 0.0619. The van der Waals surface area contributed by atoms with Gasteiger partial charge in [-0.05, 0) is 22.9 Å². The number of carbonyl (C=O) groups is 3. The first-order valence-electron chi connectivity index (χ1n) is 7.14. The van der Waals surface area contributed by atoms with Gasteiger partial charge >= 0.3 is 12.1 Å². The summed E-state index contributed by atoms with van der Waals surface area (Å²) in [5.41, 5.74) is 0.808. The molecule has 1 rings (SSSR count). The number of ketones is 1. The molecule has 0 saturated carbocycles. The molecule has 126 valence electrons. The van der Waals surface area contributed by atoms with E-state index in [1.165, 1.54) is 0 Å². The minimum absolute atomic E-state index is 0.00374. The summed E-state index contributed by atoms with van der Waals surface area (Å²) in [6, 6.07) is 7.95. The molecule has 1 aromatic carbocycles. The van der Waals surface area contributed by atoms with Crippen LogP contribution in [0.5, 0.6) is 0 Å². The second-order valence-electron chi connectivity index (χ2n) is 5.30. The molecule has 0 heterocycles. The van der Waals surface area contributed by atoms with Gasteiger partial charge in [0.1, 0.15) is 12.6 Å². The molecule has 0 bridgehead atoms. The van der Waals surface area contributed by atoms with E-state index in [0.717, 1.165) is 5.56 Å². The molecule has 2 N–H and O–H groups in total. The van der Waals surface area contributed by atoms with E-state index in [1.807, 2.05) is 30.7 Å². The molecular formula is C16H22NO5S+. The van der Waals surface area contributed by atoms with Crippen LogP contribution in [-0.4, -0.2) is 47.3 Å². The Bertz CT molecular complexity index is 533. The zero-order valence-corrected chi connectivity index (χ0v) is 14.1.